The Balaban J connectivity index is 1.66. The van der Waals surface area contributed by atoms with Gasteiger partial charge < -0.3 is 5.32 Å². The van der Waals surface area contributed by atoms with Gasteiger partial charge in [-0.15, -0.1) is 0 Å². The molecule has 2 aromatic carbocycles. The minimum atomic E-state index is -0.0508. The van der Waals surface area contributed by atoms with E-state index in [9.17, 15) is 4.79 Å². The Kier molecular flexibility index (Phi) is 3.65. The number of aryl methyl sites for hydroxylation is 1. The first-order valence-corrected chi connectivity index (χ1v) is 8.77. The summed E-state index contributed by atoms with van der Waals surface area (Å²) in [6.07, 6.45) is 1.22. The Labute approximate surface area is 145 Å². The quantitative estimate of drug-likeness (QED) is 0.855. The Morgan fingerprint density at radius 1 is 1.17 bits per heavy atom. The predicted octanol–water partition coefficient (Wildman–Crippen LogP) is 4.39. The summed E-state index contributed by atoms with van der Waals surface area (Å²) in [5.74, 6) is 0.220. The maximum Gasteiger partial charge on any atom is 0.237 e. The molecule has 120 valence electrons. The highest BCUT2D eigenvalue weighted by atomic mass is 32.2. The molecule has 0 bridgehead atoms. The third-order valence-corrected chi connectivity index (χ3v) is 5.44. The monoisotopic (exact) mass is 335 g/mol. The third-order valence-electron chi connectivity index (χ3n) is 4.31. The van der Waals surface area contributed by atoms with Crippen LogP contribution in [0.3, 0.4) is 0 Å². The number of nitrogens with one attached hydrogen (secondary N) is 2. The maximum absolute atomic E-state index is 12.5. The molecule has 0 aromatic heterocycles. The summed E-state index contributed by atoms with van der Waals surface area (Å²) in [7, 11) is 0. The summed E-state index contributed by atoms with van der Waals surface area (Å²) < 4.78 is 0. The number of benzene rings is 2. The predicted molar refractivity (Wildman–Crippen MR) is 98.6 cm³/mol. The average molecular weight is 335 g/mol. The van der Waals surface area contributed by atoms with Crippen molar-refractivity contribution in [1.29, 1.82) is 5.41 Å². The SMILES string of the molecule is CCc1ccc(N2C(=N)C(=C3Nc4ccccc4S3)CC2=O)cc1. The fourth-order valence-corrected chi connectivity index (χ4v) is 4.02. The van der Waals surface area contributed by atoms with Gasteiger partial charge in [0.05, 0.1) is 22.8 Å². The van der Waals surface area contributed by atoms with Crippen molar-refractivity contribution in [2.75, 3.05) is 10.2 Å². The van der Waals surface area contributed by atoms with Crippen molar-refractivity contribution < 1.29 is 4.79 Å². The number of amides is 1. The molecule has 2 aromatic rings. The van der Waals surface area contributed by atoms with E-state index in [4.69, 9.17) is 5.41 Å². The van der Waals surface area contributed by atoms with E-state index in [2.05, 4.69) is 12.2 Å². The van der Waals surface area contributed by atoms with Crippen molar-refractivity contribution in [3.8, 4) is 0 Å². The van der Waals surface area contributed by atoms with Gasteiger partial charge in [0, 0.05) is 10.5 Å². The van der Waals surface area contributed by atoms with Crippen molar-refractivity contribution in [2.24, 2.45) is 0 Å². The van der Waals surface area contributed by atoms with Crippen LogP contribution in [0.25, 0.3) is 0 Å². The number of rotatable bonds is 2. The Hall–Kier alpha value is -2.53. The van der Waals surface area contributed by atoms with Gasteiger partial charge in [-0.1, -0.05) is 43.0 Å². The molecule has 0 spiro atoms. The van der Waals surface area contributed by atoms with Crippen LogP contribution in [-0.4, -0.2) is 11.7 Å². The lowest BCUT2D eigenvalue weighted by Gasteiger charge is -2.16. The summed E-state index contributed by atoms with van der Waals surface area (Å²) in [5.41, 5.74) is 3.79. The van der Waals surface area contributed by atoms with E-state index in [1.54, 1.807) is 11.8 Å². The van der Waals surface area contributed by atoms with E-state index in [-0.39, 0.29) is 18.2 Å². The lowest BCUT2D eigenvalue weighted by atomic mass is 10.1. The highest BCUT2D eigenvalue weighted by Crippen LogP contribution is 2.44. The number of hydrogen-bond acceptors (Lipinski definition) is 4. The van der Waals surface area contributed by atoms with Crippen LogP contribution in [0.1, 0.15) is 18.9 Å². The number of fused-ring (bicyclic) bond motifs is 1. The molecule has 2 aliphatic rings. The zero-order chi connectivity index (χ0) is 16.7. The molecule has 1 fully saturated rings. The van der Waals surface area contributed by atoms with Gasteiger partial charge in [0.25, 0.3) is 0 Å². The first-order chi connectivity index (χ1) is 11.7. The minimum Gasteiger partial charge on any atom is -0.349 e. The van der Waals surface area contributed by atoms with Crippen LogP contribution in [-0.2, 0) is 11.2 Å². The van der Waals surface area contributed by atoms with Crippen molar-refractivity contribution >= 4 is 34.9 Å². The summed E-state index contributed by atoms with van der Waals surface area (Å²) in [6, 6.07) is 15.9. The van der Waals surface area contributed by atoms with E-state index in [0.29, 0.717) is 0 Å². The Bertz CT molecular complexity index is 843. The van der Waals surface area contributed by atoms with E-state index < -0.39 is 0 Å². The van der Waals surface area contributed by atoms with Gasteiger partial charge in [-0.2, -0.15) is 0 Å². The first kappa shape index (κ1) is 15.0. The third kappa shape index (κ3) is 2.41. The summed E-state index contributed by atoms with van der Waals surface area (Å²) >= 11 is 1.59. The summed E-state index contributed by atoms with van der Waals surface area (Å²) in [4.78, 5) is 15.1. The molecule has 5 heteroatoms. The van der Waals surface area contributed by atoms with Gasteiger partial charge in [-0.25, -0.2) is 0 Å². The molecule has 0 aliphatic carbocycles. The summed E-state index contributed by atoms with van der Waals surface area (Å²) in [5, 5.41) is 12.7. The van der Waals surface area contributed by atoms with E-state index in [0.717, 1.165) is 33.3 Å². The zero-order valence-corrected chi connectivity index (χ0v) is 14.1. The van der Waals surface area contributed by atoms with E-state index >= 15 is 0 Å². The number of hydrogen-bond donors (Lipinski definition) is 2. The smallest absolute Gasteiger partial charge is 0.237 e. The Morgan fingerprint density at radius 3 is 2.62 bits per heavy atom. The minimum absolute atomic E-state index is 0.0508. The van der Waals surface area contributed by atoms with Crippen LogP contribution in [0.5, 0.6) is 0 Å². The van der Waals surface area contributed by atoms with Crippen LogP contribution in [0, 0.1) is 5.41 Å². The number of amidine groups is 1. The largest absolute Gasteiger partial charge is 0.349 e. The molecule has 0 atom stereocenters. The first-order valence-electron chi connectivity index (χ1n) is 7.95. The second-order valence-corrected chi connectivity index (χ2v) is 6.86. The lowest BCUT2D eigenvalue weighted by molar-refractivity contribution is -0.116. The number of anilines is 2. The topological polar surface area (TPSA) is 56.2 Å². The fraction of sp³-hybridized carbons (Fsp3) is 0.158. The van der Waals surface area contributed by atoms with Gasteiger partial charge in [-0.3, -0.25) is 15.1 Å². The molecule has 24 heavy (non-hydrogen) atoms. The molecule has 1 saturated heterocycles. The highest BCUT2D eigenvalue weighted by Gasteiger charge is 2.35. The van der Waals surface area contributed by atoms with Gasteiger partial charge in [0.15, 0.2) is 0 Å². The molecule has 2 heterocycles. The van der Waals surface area contributed by atoms with Gasteiger partial charge in [-0.05, 0) is 36.2 Å². The lowest BCUT2D eigenvalue weighted by Crippen LogP contribution is -2.28. The molecule has 0 radical (unpaired) electrons. The second-order valence-electron chi connectivity index (χ2n) is 5.81. The van der Waals surface area contributed by atoms with Crippen molar-refractivity contribution in [3.63, 3.8) is 0 Å². The number of carbonyl (C=O) groups is 1. The molecule has 2 aliphatic heterocycles. The number of nitrogens with zero attached hydrogens (tertiary/aromatic N) is 1. The van der Waals surface area contributed by atoms with Crippen molar-refractivity contribution in [2.45, 2.75) is 24.7 Å². The van der Waals surface area contributed by atoms with Crippen LogP contribution in [0.4, 0.5) is 11.4 Å². The van der Waals surface area contributed by atoms with Gasteiger partial charge in [0.2, 0.25) is 5.91 Å². The van der Waals surface area contributed by atoms with Crippen LogP contribution < -0.4 is 10.2 Å². The maximum atomic E-state index is 12.5. The van der Waals surface area contributed by atoms with Crippen LogP contribution in [0.15, 0.2) is 64.0 Å². The fourth-order valence-electron chi connectivity index (χ4n) is 2.97. The standard InChI is InChI=1S/C19H17N3OS/c1-2-12-7-9-13(10-8-12)22-17(23)11-14(18(22)20)19-21-15-5-3-4-6-16(15)24-19/h3-10,20-21H,2,11H2,1H3. The molecule has 4 rings (SSSR count). The molecule has 2 N–H and O–H groups in total. The number of carbonyl (C=O) groups excluding carboxylic acids is 1. The second kappa shape index (κ2) is 5.83. The summed E-state index contributed by atoms with van der Waals surface area (Å²) in [6.45, 7) is 2.10. The van der Waals surface area contributed by atoms with Gasteiger partial charge in [0.1, 0.15) is 5.84 Å². The van der Waals surface area contributed by atoms with Crippen molar-refractivity contribution in [3.05, 3.63) is 64.7 Å². The van der Waals surface area contributed by atoms with Crippen LogP contribution >= 0.6 is 11.8 Å². The van der Waals surface area contributed by atoms with Crippen LogP contribution in [0.2, 0.25) is 0 Å². The molecule has 1 amide bonds. The number of thioether (sulfide) groups is 1. The molecule has 4 nitrogen and oxygen atoms in total. The highest BCUT2D eigenvalue weighted by molar-refractivity contribution is 8.03. The van der Waals surface area contributed by atoms with Gasteiger partial charge >= 0.3 is 0 Å². The van der Waals surface area contributed by atoms with E-state index in [1.165, 1.54) is 10.5 Å². The average Bonchev–Trinajstić information content (AvgIpc) is 3.15. The molecular formula is C19H17N3OS. The number of para-hydroxylation sites is 1. The molecule has 0 unspecified atom stereocenters. The van der Waals surface area contributed by atoms with E-state index in [1.807, 2.05) is 48.5 Å². The normalized spacial score (nSPS) is 19.6. The molecule has 0 saturated carbocycles. The zero-order valence-electron chi connectivity index (χ0n) is 13.3. The molecular weight excluding hydrogens is 318 g/mol. The Morgan fingerprint density at radius 2 is 1.92 bits per heavy atom. The van der Waals surface area contributed by atoms with Crippen molar-refractivity contribution in [1.82, 2.24) is 0 Å².